The molecule has 0 unspecified atom stereocenters. The zero-order valence-electron chi connectivity index (χ0n) is 11.5. The number of rotatable bonds is 4. The smallest absolute Gasteiger partial charge is 0.410 e. The maximum absolute atomic E-state index is 13.5. The number of benzene rings is 1. The highest BCUT2D eigenvalue weighted by Crippen LogP contribution is 2.23. The Kier molecular flexibility index (Phi) is 5.16. The van der Waals surface area contributed by atoms with Gasteiger partial charge in [-0.3, -0.25) is 0 Å². The van der Waals surface area contributed by atoms with Crippen molar-refractivity contribution in [3.63, 3.8) is 0 Å². The van der Waals surface area contributed by atoms with Crippen molar-refractivity contribution in [2.75, 3.05) is 13.1 Å². The van der Waals surface area contributed by atoms with Crippen molar-refractivity contribution in [2.24, 2.45) is 5.92 Å². The van der Waals surface area contributed by atoms with Crippen molar-refractivity contribution < 1.29 is 13.9 Å². The SMILES string of the molecule is C=C[C@H](F)C1CCN(C(=O)OCc2ccccc2)CC1. The molecule has 0 saturated carbocycles. The van der Waals surface area contributed by atoms with E-state index >= 15 is 0 Å². The number of alkyl halides is 1. The summed E-state index contributed by atoms with van der Waals surface area (Å²) in [7, 11) is 0. The van der Waals surface area contributed by atoms with Gasteiger partial charge in [0.25, 0.3) is 0 Å². The Labute approximate surface area is 119 Å². The lowest BCUT2D eigenvalue weighted by Crippen LogP contribution is -2.40. The summed E-state index contributed by atoms with van der Waals surface area (Å²) in [6, 6.07) is 9.56. The predicted octanol–water partition coefficient (Wildman–Crippen LogP) is 3.56. The molecule has 1 fully saturated rings. The Hall–Kier alpha value is -1.84. The normalized spacial score (nSPS) is 17.6. The van der Waals surface area contributed by atoms with E-state index in [1.165, 1.54) is 6.08 Å². The van der Waals surface area contributed by atoms with Crippen LogP contribution in [0.3, 0.4) is 0 Å². The number of halogens is 1. The Balaban J connectivity index is 1.76. The number of carbonyl (C=O) groups excluding carboxylic acids is 1. The Bertz CT molecular complexity index is 441. The zero-order valence-corrected chi connectivity index (χ0v) is 11.5. The molecule has 3 nitrogen and oxygen atoms in total. The second-order valence-corrected chi connectivity index (χ2v) is 5.04. The Morgan fingerprint density at radius 3 is 2.65 bits per heavy atom. The van der Waals surface area contributed by atoms with Crippen molar-refractivity contribution in [1.82, 2.24) is 4.90 Å². The number of hydrogen-bond acceptors (Lipinski definition) is 2. The van der Waals surface area contributed by atoms with Crippen molar-refractivity contribution in [1.29, 1.82) is 0 Å². The zero-order chi connectivity index (χ0) is 14.4. The van der Waals surface area contributed by atoms with Gasteiger partial charge in [0.2, 0.25) is 0 Å². The monoisotopic (exact) mass is 277 g/mol. The quantitative estimate of drug-likeness (QED) is 0.788. The van der Waals surface area contributed by atoms with Crippen LogP contribution in [0.15, 0.2) is 43.0 Å². The molecule has 0 spiro atoms. The summed E-state index contributed by atoms with van der Waals surface area (Å²) >= 11 is 0. The van der Waals surface area contributed by atoms with Gasteiger partial charge in [-0.1, -0.05) is 36.4 Å². The number of ether oxygens (including phenoxy) is 1. The number of likely N-dealkylation sites (tertiary alicyclic amines) is 1. The summed E-state index contributed by atoms with van der Waals surface area (Å²) in [6.07, 6.45) is 1.37. The van der Waals surface area contributed by atoms with E-state index in [4.69, 9.17) is 4.74 Å². The predicted molar refractivity (Wildman–Crippen MR) is 76.0 cm³/mol. The van der Waals surface area contributed by atoms with Gasteiger partial charge in [-0.05, 0) is 24.3 Å². The highest BCUT2D eigenvalue weighted by molar-refractivity contribution is 5.67. The molecule has 0 aliphatic carbocycles. The molecular formula is C16H20FNO2. The molecule has 1 aromatic carbocycles. The Morgan fingerprint density at radius 2 is 2.05 bits per heavy atom. The van der Waals surface area contributed by atoms with Crippen molar-refractivity contribution in [3.05, 3.63) is 48.6 Å². The third kappa shape index (κ3) is 3.83. The second kappa shape index (κ2) is 7.08. The van der Waals surface area contributed by atoms with Crippen LogP contribution in [0.25, 0.3) is 0 Å². The maximum Gasteiger partial charge on any atom is 0.410 e. The van der Waals surface area contributed by atoms with Crippen LogP contribution in [0.4, 0.5) is 9.18 Å². The second-order valence-electron chi connectivity index (χ2n) is 5.04. The first kappa shape index (κ1) is 14.6. The average Bonchev–Trinajstić information content (AvgIpc) is 2.53. The highest BCUT2D eigenvalue weighted by Gasteiger charge is 2.27. The molecule has 0 aromatic heterocycles. The first-order valence-electron chi connectivity index (χ1n) is 6.93. The van der Waals surface area contributed by atoms with Gasteiger partial charge in [0.1, 0.15) is 12.8 Å². The fourth-order valence-electron chi connectivity index (χ4n) is 2.40. The van der Waals surface area contributed by atoms with Crippen molar-refractivity contribution >= 4 is 6.09 Å². The van der Waals surface area contributed by atoms with Gasteiger partial charge in [-0.25, -0.2) is 9.18 Å². The molecule has 108 valence electrons. The minimum absolute atomic E-state index is 0.0225. The van der Waals surface area contributed by atoms with Crippen LogP contribution in [0.1, 0.15) is 18.4 Å². The molecule has 1 aliphatic heterocycles. The van der Waals surface area contributed by atoms with Gasteiger partial charge in [0.05, 0.1) is 0 Å². The van der Waals surface area contributed by atoms with E-state index in [9.17, 15) is 9.18 Å². The fraction of sp³-hybridized carbons (Fsp3) is 0.438. The van der Waals surface area contributed by atoms with Gasteiger partial charge in [-0.2, -0.15) is 0 Å². The van der Waals surface area contributed by atoms with Crippen LogP contribution < -0.4 is 0 Å². The van der Waals surface area contributed by atoms with E-state index in [0.29, 0.717) is 25.9 Å². The first-order chi connectivity index (χ1) is 9.70. The number of amides is 1. The van der Waals surface area contributed by atoms with Crippen LogP contribution in [-0.2, 0) is 11.3 Å². The molecule has 1 saturated heterocycles. The molecule has 1 aromatic rings. The molecule has 1 amide bonds. The van der Waals surface area contributed by atoms with Crippen molar-refractivity contribution in [2.45, 2.75) is 25.6 Å². The topological polar surface area (TPSA) is 29.5 Å². The molecule has 20 heavy (non-hydrogen) atoms. The van der Waals surface area contributed by atoms with Crippen LogP contribution >= 0.6 is 0 Å². The molecule has 0 N–H and O–H groups in total. The number of allylic oxidation sites excluding steroid dienone is 1. The van der Waals surface area contributed by atoms with E-state index in [0.717, 1.165) is 5.56 Å². The van der Waals surface area contributed by atoms with Gasteiger partial charge in [-0.15, -0.1) is 6.58 Å². The van der Waals surface area contributed by atoms with Crippen LogP contribution in [-0.4, -0.2) is 30.3 Å². The fourth-order valence-corrected chi connectivity index (χ4v) is 2.40. The van der Waals surface area contributed by atoms with E-state index < -0.39 is 6.17 Å². The molecule has 0 bridgehead atoms. The lowest BCUT2D eigenvalue weighted by molar-refractivity contribution is 0.0750. The standard InChI is InChI=1S/C16H20FNO2/c1-2-15(17)14-8-10-18(11-9-14)16(19)20-12-13-6-4-3-5-7-13/h2-7,14-15H,1,8-12H2/t15-/m0/s1. The highest BCUT2D eigenvalue weighted by atomic mass is 19.1. The summed E-state index contributed by atoms with van der Waals surface area (Å²) in [5, 5.41) is 0. The minimum Gasteiger partial charge on any atom is -0.445 e. The van der Waals surface area contributed by atoms with Crippen LogP contribution in [0.5, 0.6) is 0 Å². The van der Waals surface area contributed by atoms with E-state index in [-0.39, 0.29) is 18.6 Å². The number of hydrogen-bond donors (Lipinski definition) is 0. The molecule has 2 rings (SSSR count). The third-order valence-electron chi connectivity index (χ3n) is 3.68. The maximum atomic E-state index is 13.5. The molecule has 4 heteroatoms. The molecule has 1 atom stereocenters. The lowest BCUT2D eigenvalue weighted by Gasteiger charge is -2.32. The van der Waals surface area contributed by atoms with Gasteiger partial charge < -0.3 is 9.64 Å². The summed E-state index contributed by atoms with van der Waals surface area (Å²) in [5.41, 5.74) is 0.964. The van der Waals surface area contributed by atoms with E-state index in [1.54, 1.807) is 4.90 Å². The molecule has 1 heterocycles. The summed E-state index contributed by atoms with van der Waals surface area (Å²) in [4.78, 5) is 13.6. The largest absolute Gasteiger partial charge is 0.445 e. The molecule has 0 radical (unpaired) electrons. The number of piperidine rings is 1. The summed E-state index contributed by atoms with van der Waals surface area (Å²) in [5.74, 6) is -0.0225. The lowest BCUT2D eigenvalue weighted by atomic mass is 9.92. The third-order valence-corrected chi connectivity index (χ3v) is 3.68. The van der Waals surface area contributed by atoms with Crippen LogP contribution in [0.2, 0.25) is 0 Å². The number of nitrogens with zero attached hydrogens (tertiary/aromatic N) is 1. The van der Waals surface area contributed by atoms with Crippen molar-refractivity contribution in [3.8, 4) is 0 Å². The van der Waals surface area contributed by atoms with Gasteiger partial charge in [0, 0.05) is 13.1 Å². The van der Waals surface area contributed by atoms with Crippen LogP contribution in [0, 0.1) is 5.92 Å². The van der Waals surface area contributed by atoms with E-state index in [1.807, 2.05) is 30.3 Å². The summed E-state index contributed by atoms with van der Waals surface area (Å²) < 4.78 is 18.7. The van der Waals surface area contributed by atoms with Gasteiger partial charge in [0.15, 0.2) is 0 Å². The summed E-state index contributed by atoms with van der Waals surface area (Å²) in [6.45, 7) is 4.84. The van der Waals surface area contributed by atoms with Gasteiger partial charge >= 0.3 is 6.09 Å². The minimum atomic E-state index is -0.975. The number of carbonyl (C=O) groups is 1. The molecule has 1 aliphatic rings. The average molecular weight is 277 g/mol. The van der Waals surface area contributed by atoms with E-state index in [2.05, 4.69) is 6.58 Å². The molecular weight excluding hydrogens is 257 g/mol. The first-order valence-corrected chi connectivity index (χ1v) is 6.93. The Morgan fingerprint density at radius 1 is 1.40 bits per heavy atom.